The van der Waals surface area contributed by atoms with Gasteiger partial charge in [0.1, 0.15) is 6.54 Å². The van der Waals surface area contributed by atoms with Crippen LogP contribution in [0.1, 0.15) is 54.0 Å². The van der Waals surface area contributed by atoms with Crippen LogP contribution in [0.15, 0.2) is 72.9 Å². The van der Waals surface area contributed by atoms with Crippen molar-refractivity contribution >= 4 is 11.8 Å². The molecular weight excluding hydrogens is 438 g/mol. The lowest BCUT2D eigenvalue weighted by Gasteiger charge is -2.38. The predicted octanol–water partition coefficient (Wildman–Crippen LogP) is 4.51. The van der Waals surface area contributed by atoms with Gasteiger partial charge >= 0.3 is 0 Å². The summed E-state index contributed by atoms with van der Waals surface area (Å²) in [5.74, 6) is -0.227. The van der Waals surface area contributed by atoms with Crippen LogP contribution < -0.4 is 0 Å². The first-order chi connectivity index (χ1) is 16.8. The lowest BCUT2D eigenvalue weighted by atomic mass is 9.86. The first kappa shape index (κ1) is 24.7. The van der Waals surface area contributed by atoms with Gasteiger partial charge in [-0.1, -0.05) is 63.2 Å². The van der Waals surface area contributed by atoms with E-state index in [1.165, 1.54) is 0 Å². The Morgan fingerprint density at radius 1 is 0.971 bits per heavy atom. The van der Waals surface area contributed by atoms with Crippen molar-refractivity contribution in [2.24, 2.45) is 0 Å². The zero-order valence-corrected chi connectivity index (χ0v) is 21.1. The van der Waals surface area contributed by atoms with Gasteiger partial charge < -0.3 is 19.1 Å². The summed E-state index contributed by atoms with van der Waals surface area (Å²) in [6.07, 6.45) is 2.06. The maximum Gasteiger partial charge on any atom is 0.254 e. The molecule has 6 heteroatoms. The van der Waals surface area contributed by atoms with Crippen molar-refractivity contribution in [1.29, 1.82) is 0 Å². The number of hydrogen-bond acceptors (Lipinski definition) is 3. The molecule has 1 atom stereocenters. The Kier molecular flexibility index (Phi) is 7.41. The average molecular weight is 474 g/mol. The number of methoxy groups -OCH3 is 1. The van der Waals surface area contributed by atoms with Crippen LogP contribution in [0.3, 0.4) is 0 Å². The molecule has 0 saturated heterocycles. The molecule has 3 aromatic rings. The van der Waals surface area contributed by atoms with Crippen molar-refractivity contribution in [2.75, 3.05) is 33.4 Å². The number of benzene rings is 2. The van der Waals surface area contributed by atoms with Crippen LogP contribution in [0.5, 0.6) is 0 Å². The largest absolute Gasteiger partial charge is 0.383 e. The zero-order chi connectivity index (χ0) is 25.0. The minimum Gasteiger partial charge on any atom is -0.383 e. The smallest absolute Gasteiger partial charge is 0.254 e. The second-order valence-electron chi connectivity index (χ2n) is 10.1. The minimum atomic E-state index is -0.183. The molecule has 1 unspecified atom stereocenters. The number of carbonyl (C=O) groups is 2. The van der Waals surface area contributed by atoms with E-state index in [0.717, 1.165) is 23.4 Å². The minimum absolute atomic E-state index is 0.00561. The SMILES string of the molecule is COCCN(CC(=O)N1CCn2cccc2C1c1ccccc1)C(=O)c1ccc(C(C)(C)C)cc1. The van der Waals surface area contributed by atoms with Gasteiger partial charge in [-0.3, -0.25) is 9.59 Å². The van der Waals surface area contributed by atoms with Crippen LogP contribution in [0.4, 0.5) is 0 Å². The van der Waals surface area contributed by atoms with Crippen LogP contribution in [0.25, 0.3) is 0 Å². The second-order valence-corrected chi connectivity index (χ2v) is 10.1. The highest BCUT2D eigenvalue weighted by Gasteiger charge is 2.33. The number of fused-ring (bicyclic) bond motifs is 1. The summed E-state index contributed by atoms with van der Waals surface area (Å²) in [6, 6.07) is 21.7. The molecule has 1 aliphatic heterocycles. The topological polar surface area (TPSA) is 54.8 Å². The molecule has 2 aromatic carbocycles. The number of amides is 2. The maximum absolute atomic E-state index is 13.7. The summed E-state index contributed by atoms with van der Waals surface area (Å²) in [4.78, 5) is 30.6. The normalized spacial score (nSPS) is 15.5. The number of nitrogens with zero attached hydrogens (tertiary/aromatic N) is 3. The molecule has 2 heterocycles. The molecule has 0 spiro atoms. The van der Waals surface area contributed by atoms with E-state index >= 15 is 0 Å². The van der Waals surface area contributed by atoms with Crippen molar-refractivity contribution in [3.05, 3.63) is 95.3 Å². The highest BCUT2D eigenvalue weighted by molar-refractivity contribution is 5.96. The third kappa shape index (κ3) is 5.49. The number of carbonyl (C=O) groups excluding carboxylic acids is 2. The molecular formula is C29H35N3O3. The van der Waals surface area contributed by atoms with E-state index in [2.05, 4.69) is 49.7 Å². The highest BCUT2D eigenvalue weighted by atomic mass is 16.5. The Balaban J connectivity index is 1.57. The van der Waals surface area contributed by atoms with Gasteiger partial charge in [-0.2, -0.15) is 0 Å². The van der Waals surface area contributed by atoms with E-state index in [-0.39, 0.29) is 29.8 Å². The predicted molar refractivity (Wildman–Crippen MR) is 137 cm³/mol. The molecule has 1 aromatic heterocycles. The molecule has 0 saturated carbocycles. The van der Waals surface area contributed by atoms with Gasteiger partial charge in [-0.25, -0.2) is 0 Å². The van der Waals surface area contributed by atoms with Gasteiger partial charge in [0.2, 0.25) is 5.91 Å². The molecule has 0 bridgehead atoms. The molecule has 0 radical (unpaired) electrons. The van der Waals surface area contributed by atoms with Gasteiger partial charge in [0.15, 0.2) is 0 Å². The summed E-state index contributed by atoms with van der Waals surface area (Å²) in [6.45, 7) is 8.48. The fourth-order valence-electron chi connectivity index (χ4n) is 4.64. The summed E-state index contributed by atoms with van der Waals surface area (Å²) in [5, 5.41) is 0. The van der Waals surface area contributed by atoms with Crippen LogP contribution in [-0.2, 0) is 21.5 Å². The van der Waals surface area contributed by atoms with Crippen molar-refractivity contribution in [1.82, 2.24) is 14.4 Å². The van der Waals surface area contributed by atoms with Crippen LogP contribution in [-0.4, -0.2) is 59.5 Å². The van der Waals surface area contributed by atoms with E-state index in [0.29, 0.717) is 25.3 Å². The van der Waals surface area contributed by atoms with Gasteiger partial charge in [0.25, 0.3) is 5.91 Å². The fraction of sp³-hybridized carbons (Fsp3) is 0.379. The fourth-order valence-corrected chi connectivity index (χ4v) is 4.64. The van der Waals surface area contributed by atoms with Crippen LogP contribution >= 0.6 is 0 Å². The van der Waals surface area contributed by atoms with Gasteiger partial charge in [-0.05, 0) is 40.8 Å². The van der Waals surface area contributed by atoms with E-state index in [9.17, 15) is 9.59 Å². The van der Waals surface area contributed by atoms with Crippen molar-refractivity contribution < 1.29 is 14.3 Å². The number of hydrogen-bond donors (Lipinski definition) is 0. The Labute approximate surface area is 208 Å². The molecule has 4 rings (SSSR count). The quantitative estimate of drug-likeness (QED) is 0.508. The van der Waals surface area contributed by atoms with E-state index < -0.39 is 0 Å². The molecule has 0 N–H and O–H groups in total. The number of ether oxygens (including phenoxy) is 1. The van der Waals surface area contributed by atoms with Gasteiger partial charge in [0, 0.05) is 44.2 Å². The maximum atomic E-state index is 13.7. The Hall–Kier alpha value is -3.38. The van der Waals surface area contributed by atoms with Gasteiger partial charge in [-0.15, -0.1) is 0 Å². The first-order valence-corrected chi connectivity index (χ1v) is 12.2. The molecule has 0 aliphatic carbocycles. The number of aromatic nitrogens is 1. The molecule has 35 heavy (non-hydrogen) atoms. The molecule has 184 valence electrons. The third-order valence-corrected chi connectivity index (χ3v) is 6.65. The van der Waals surface area contributed by atoms with Gasteiger partial charge in [0.05, 0.1) is 12.6 Å². The summed E-state index contributed by atoms with van der Waals surface area (Å²) in [7, 11) is 1.60. The summed E-state index contributed by atoms with van der Waals surface area (Å²) in [5.41, 5.74) is 3.90. The summed E-state index contributed by atoms with van der Waals surface area (Å²) >= 11 is 0. The zero-order valence-electron chi connectivity index (χ0n) is 21.1. The average Bonchev–Trinajstić information content (AvgIpc) is 3.34. The van der Waals surface area contributed by atoms with E-state index in [4.69, 9.17) is 4.74 Å². The third-order valence-electron chi connectivity index (χ3n) is 6.65. The van der Waals surface area contributed by atoms with E-state index in [1.54, 1.807) is 12.0 Å². The summed E-state index contributed by atoms with van der Waals surface area (Å²) < 4.78 is 7.45. The molecule has 0 fully saturated rings. The highest BCUT2D eigenvalue weighted by Crippen LogP contribution is 2.32. The Morgan fingerprint density at radius 3 is 2.34 bits per heavy atom. The lowest BCUT2D eigenvalue weighted by Crippen LogP contribution is -2.48. The Morgan fingerprint density at radius 2 is 1.69 bits per heavy atom. The monoisotopic (exact) mass is 473 g/mol. The molecule has 6 nitrogen and oxygen atoms in total. The lowest BCUT2D eigenvalue weighted by molar-refractivity contribution is -0.134. The van der Waals surface area contributed by atoms with Crippen molar-refractivity contribution in [3.8, 4) is 0 Å². The molecule has 1 aliphatic rings. The standard InChI is InChI=1S/C29H35N3O3/c1-29(2,3)24-14-12-23(13-15-24)28(34)31(19-20-35-4)21-26(33)32-18-17-30-16-8-11-25(30)27(32)22-9-6-5-7-10-22/h5-16,27H,17-21H2,1-4H3. The molecule has 2 amide bonds. The van der Waals surface area contributed by atoms with Crippen LogP contribution in [0.2, 0.25) is 0 Å². The van der Waals surface area contributed by atoms with Crippen molar-refractivity contribution in [2.45, 2.75) is 38.8 Å². The Bertz CT molecular complexity index is 1150. The van der Waals surface area contributed by atoms with Crippen molar-refractivity contribution in [3.63, 3.8) is 0 Å². The second kappa shape index (κ2) is 10.5. The number of rotatable bonds is 7. The van der Waals surface area contributed by atoms with Crippen LogP contribution in [0, 0.1) is 0 Å². The van der Waals surface area contributed by atoms with E-state index in [1.807, 2.05) is 53.4 Å². The first-order valence-electron chi connectivity index (χ1n) is 12.2.